The number of aliphatic hydroxyl groups excluding tert-OH is 1. The molecule has 1 rings (SSSR count). The Bertz CT molecular complexity index is 159. The molecule has 0 bridgehead atoms. The topological polar surface area (TPSA) is 52.5 Å². The average molecular weight is 187 g/mol. The van der Waals surface area contributed by atoms with Crippen LogP contribution in [0, 0.1) is 5.41 Å². The second-order valence-corrected chi connectivity index (χ2v) is 4.89. The molecule has 13 heavy (non-hydrogen) atoms. The smallest absolute Gasteiger partial charge is 0.0715 e. The van der Waals surface area contributed by atoms with Crippen molar-refractivity contribution >= 4 is 0 Å². The van der Waals surface area contributed by atoms with Gasteiger partial charge in [-0.1, -0.05) is 0 Å². The van der Waals surface area contributed by atoms with E-state index in [1.54, 1.807) is 13.8 Å². The van der Waals surface area contributed by atoms with Gasteiger partial charge in [-0.3, -0.25) is 0 Å². The molecule has 0 saturated heterocycles. The predicted octanol–water partition coefficient (Wildman–Crippen LogP) is 0.509. The molecule has 3 heteroatoms. The van der Waals surface area contributed by atoms with Gasteiger partial charge in [0.1, 0.15) is 0 Å². The SMILES string of the molecule is CC(C)(O)CNCC1(CCO)CC1. The molecule has 0 heterocycles. The minimum atomic E-state index is -0.630. The Kier molecular flexibility index (Phi) is 3.33. The molecule has 3 N–H and O–H groups in total. The summed E-state index contributed by atoms with van der Waals surface area (Å²) in [5, 5.41) is 21.5. The fraction of sp³-hybridized carbons (Fsp3) is 1.00. The van der Waals surface area contributed by atoms with E-state index in [-0.39, 0.29) is 6.61 Å². The van der Waals surface area contributed by atoms with Crippen LogP contribution in [0.4, 0.5) is 0 Å². The van der Waals surface area contributed by atoms with Crippen molar-refractivity contribution < 1.29 is 10.2 Å². The molecular formula is C10H21NO2. The van der Waals surface area contributed by atoms with Gasteiger partial charge in [0.2, 0.25) is 0 Å². The van der Waals surface area contributed by atoms with Gasteiger partial charge in [-0.2, -0.15) is 0 Å². The van der Waals surface area contributed by atoms with E-state index in [2.05, 4.69) is 5.32 Å². The van der Waals surface area contributed by atoms with E-state index in [1.165, 1.54) is 12.8 Å². The molecule has 78 valence electrons. The normalized spacial score (nSPS) is 20.3. The molecule has 0 aromatic rings. The zero-order valence-electron chi connectivity index (χ0n) is 8.64. The number of hydrogen-bond donors (Lipinski definition) is 3. The highest BCUT2D eigenvalue weighted by Crippen LogP contribution is 2.47. The lowest BCUT2D eigenvalue weighted by molar-refractivity contribution is 0.0778. The third-order valence-electron chi connectivity index (χ3n) is 2.66. The van der Waals surface area contributed by atoms with Crippen LogP contribution < -0.4 is 5.32 Å². The van der Waals surface area contributed by atoms with Gasteiger partial charge in [0.05, 0.1) is 5.60 Å². The predicted molar refractivity (Wildman–Crippen MR) is 52.5 cm³/mol. The standard InChI is InChI=1S/C10H21NO2/c1-9(2,13)7-11-8-10(3-4-10)5-6-12/h11-13H,3-8H2,1-2H3. The Morgan fingerprint density at radius 1 is 1.38 bits per heavy atom. The highest BCUT2D eigenvalue weighted by atomic mass is 16.3. The lowest BCUT2D eigenvalue weighted by Gasteiger charge is -2.20. The fourth-order valence-corrected chi connectivity index (χ4v) is 1.56. The molecular weight excluding hydrogens is 166 g/mol. The lowest BCUT2D eigenvalue weighted by atomic mass is 10.0. The molecule has 0 unspecified atom stereocenters. The number of aliphatic hydroxyl groups is 2. The second kappa shape index (κ2) is 3.95. The average Bonchev–Trinajstić information content (AvgIpc) is 2.67. The Labute approximate surface area is 80.2 Å². The Hall–Kier alpha value is -0.120. The summed E-state index contributed by atoms with van der Waals surface area (Å²) < 4.78 is 0. The van der Waals surface area contributed by atoms with Crippen LogP contribution in [-0.2, 0) is 0 Å². The van der Waals surface area contributed by atoms with Gasteiger partial charge in [0.25, 0.3) is 0 Å². The minimum absolute atomic E-state index is 0.282. The summed E-state index contributed by atoms with van der Waals surface area (Å²) in [5.41, 5.74) is -0.282. The Balaban J connectivity index is 2.12. The summed E-state index contributed by atoms with van der Waals surface area (Å²) in [5.74, 6) is 0. The number of hydrogen-bond acceptors (Lipinski definition) is 3. The van der Waals surface area contributed by atoms with Crippen molar-refractivity contribution in [1.82, 2.24) is 5.32 Å². The lowest BCUT2D eigenvalue weighted by Crippen LogP contribution is -2.37. The van der Waals surface area contributed by atoms with Crippen molar-refractivity contribution in [3.05, 3.63) is 0 Å². The van der Waals surface area contributed by atoms with Crippen molar-refractivity contribution in [2.24, 2.45) is 5.41 Å². The van der Waals surface area contributed by atoms with E-state index in [1.807, 2.05) is 0 Å². The summed E-state index contributed by atoms with van der Waals surface area (Å²) in [4.78, 5) is 0. The van der Waals surface area contributed by atoms with Crippen molar-refractivity contribution in [3.8, 4) is 0 Å². The van der Waals surface area contributed by atoms with Crippen LogP contribution in [0.1, 0.15) is 33.1 Å². The summed E-state index contributed by atoms with van der Waals surface area (Å²) in [7, 11) is 0. The van der Waals surface area contributed by atoms with E-state index in [0.717, 1.165) is 13.0 Å². The van der Waals surface area contributed by atoms with Gasteiger partial charge in [-0.25, -0.2) is 0 Å². The number of nitrogens with one attached hydrogen (secondary N) is 1. The minimum Gasteiger partial charge on any atom is -0.396 e. The van der Waals surface area contributed by atoms with E-state index < -0.39 is 5.60 Å². The van der Waals surface area contributed by atoms with Crippen molar-refractivity contribution in [1.29, 1.82) is 0 Å². The van der Waals surface area contributed by atoms with Crippen LogP contribution in [0.2, 0.25) is 0 Å². The summed E-state index contributed by atoms with van der Waals surface area (Å²) in [6.45, 7) is 5.43. The van der Waals surface area contributed by atoms with Crippen LogP contribution in [-0.4, -0.2) is 35.5 Å². The van der Waals surface area contributed by atoms with Crippen LogP contribution in [0.25, 0.3) is 0 Å². The zero-order chi connectivity index (χ0) is 9.95. The molecule has 0 spiro atoms. The largest absolute Gasteiger partial charge is 0.396 e. The monoisotopic (exact) mass is 187 g/mol. The van der Waals surface area contributed by atoms with Crippen molar-refractivity contribution in [3.63, 3.8) is 0 Å². The Morgan fingerprint density at radius 3 is 2.38 bits per heavy atom. The van der Waals surface area contributed by atoms with Crippen LogP contribution in [0.5, 0.6) is 0 Å². The van der Waals surface area contributed by atoms with E-state index in [9.17, 15) is 5.11 Å². The first kappa shape index (κ1) is 11.0. The molecule has 0 aromatic heterocycles. The van der Waals surface area contributed by atoms with Gasteiger partial charge >= 0.3 is 0 Å². The van der Waals surface area contributed by atoms with E-state index >= 15 is 0 Å². The van der Waals surface area contributed by atoms with Crippen LogP contribution >= 0.6 is 0 Å². The van der Waals surface area contributed by atoms with Gasteiger partial charge in [-0.05, 0) is 38.5 Å². The first-order valence-corrected chi connectivity index (χ1v) is 5.01. The fourth-order valence-electron chi connectivity index (χ4n) is 1.56. The quantitative estimate of drug-likeness (QED) is 0.568. The van der Waals surface area contributed by atoms with Gasteiger partial charge in [-0.15, -0.1) is 0 Å². The Morgan fingerprint density at radius 2 is 2.00 bits per heavy atom. The highest BCUT2D eigenvalue weighted by Gasteiger charge is 2.41. The van der Waals surface area contributed by atoms with E-state index in [4.69, 9.17) is 5.11 Å². The van der Waals surface area contributed by atoms with Gasteiger partial charge < -0.3 is 15.5 Å². The maximum atomic E-state index is 9.45. The molecule has 1 saturated carbocycles. The third-order valence-corrected chi connectivity index (χ3v) is 2.66. The molecule has 1 aliphatic carbocycles. The van der Waals surface area contributed by atoms with Gasteiger partial charge in [0, 0.05) is 19.7 Å². The van der Waals surface area contributed by atoms with Gasteiger partial charge in [0.15, 0.2) is 0 Å². The van der Waals surface area contributed by atoms with Crippen molar-refractivity contribution in [2.45, 2.75) is 38.7 Å². The van der Waals surface area contributed by atoms with Crippen LogP contribution in [0.3, 0.4) is 0 Å². The molecule has 0 atom stereocenters. The maximum Gasteiger partial charge on any atom is 0.0715 e. The molecule has 1 fully saturated rings. The molecule has 0 amide bonds. The first-order chi connectivity index (χ1) is 5.97. The summed E-state index contributed by atoms with van der Waals surface area (Å²) >= 11 is 0. The molecule has 3 nitrogen and oxygen atoms in total. The molecule has 0 radical (unpaired) electrons. The summed E-state index contributed by atoms with van der Waals surface area (Å²) in [6, 6.07) is 0. The second-order valence-electron chi connectivity index (χ2n) is 4.89. The van der Waals surface area contributed by atoms with Crippen molar-refractivity contribution in [2.75, 3.05) is 19.7 Å². The van der Waals surface area contributed by atoms with Crippen LogP contribution in [0.15, 0.2) is 0 Å². The summed E-state index contributed by atoms with van der Waals surface area (Å²) in [6.07, 6.45) is 3.32. The zero-order valence-corrected chi connectivity index (χ0v) is 8.64. The molecule has 0 aliphatic heterocycles. The van der Waals surface area contributed by atoms with E-state index in [0.29, 0.717) is 12.0 Å². The third kappa shape index (κ3) is 4.07. The first-order valence-electron chi connectivity index (χ1n) is 5.01. The molecule has 0 aromatic carbocycles. The number of rotatable bonds is 6. The molecule has 1 aliphatic rings. The maximum absolute atomic E-state index is 9.45. The highest BCUT2D eigenvalue weighted by molar-refractivity contribution is 4.94.